The van der Waals surface area contributed by atoms with Crippen molar-refractivity contribution in [3.8, 4) is 11.6 Å². The number of furan rings is 1. The van der Waals surface area contributed by atoms with Crippen molar-refractivity contribution in [2.75, 3.05) is 18.9 Å². The molecule has 39 heavy (non-hydrogen) atoms. The number of anilines is 1. The molecular formula is C29H28N6O4. The molecule has 5 rings (SSSR count). The molecule has 2 amide bonds. The lowest BCUT2D eigenvalue weighted by Crippen LogP contribution is -2.31. The van der Waals surface area contributed by atoms with Crippen molar-refractivity contribution < 1.29 is 18.7 Å². The van der Waals surface area contributed by atoms with Crippen molar-refractivity contribution in [3.05, 3.63) is 90.2 Å². The van der Waals surface area contributed by atoms with Crippen LogP contribution in [0.5, 0.6) is 0 Å². The maximum Gasteiger partial charge on any atom is 0.407 e. The molecule has 3 heterocycles. The van der Waals surface area contributed by atoms with Crippen LogP contribution in [0.1, 0.15) is 18.1 Å². The molecule has 0 saturated heterocycles. The summed E-state index contributed by atoms with van der Waals surface area (Å²) < 4.78 is 12.9. The Balaban J connectivity index is 1.31. The highest BCUT2D eigenvalue weighted by Crippen LogP contribution is 2.33. The highest BCUT2D eigenvalue weighted by molar-refractivity contribution is 6.07. The Morgan fingerprint density at radius 2 is 1.79 bits per heavy atom. The Morgan fingerprint density at radius 3 is 2.54 bits per heavy atom. The third-order valence-corrected chi connectivity index (χ3v) is 6.16. The van der Waals surface area contributed by atoms with Crippen LogP contribution in [-0.2, 0) is 22.6 Å². The van der Waals surface area contributed by atoms with Crippen LogP contribution in [-0.4, -0.2) is 39.7 Å². The number of fused-ring (bicyclic) bond motifs is 3. The van der Waals surface area contributed by atoms with Crippen LogP contribution in [0.3, 0.4) is 0 Å². The lowest BCUT2D eigenvalue weighted by Gasteiger charge is -2.11. The van der Waals surface area contributed by atoms with Crippen LogP contribution in [0.4, 0.5) is 10.6 Å². The van der Waals surface area contributed by atoms with Gasteiger partial charge in [-0.2, -0.15) is 0 Å². The van der Waals surface area contributed by atoms with E-state index in [0.29, 0.717) is 41.6 Å². The number of nitrogens with two attached hydrogens (primary N) is 1. The van der Waals surface area contributed by atoms with E-state index in [1.807, 2.05) is 60.7 Å². The molecule has 5 aromatic rings. The van der Waals surface area contributed by atoms with Gasteiger partial charge in [-0.15, -0.1) is 0 Å². The number of imidazole rings is 1. The standard InChI is InChI=1S/C29H28N6O4/c1-18(2)28(36)31-13-15-39-29(37)32-16-19-9-11-20(12-10-19)17-35-25-21-6-3-4-7-22(21)33-26(30)24(25)34-27(35)23-8-5-14-38-23/h3-12,14H,1,13,15-17H2,2H3,(H2,30,33)(H,31,36)(H,32,37). The van der Waals surface area contributed by atoms with E-state index in [9.17, 15) is 9.59 Å². The smallest absolute Gasteiger partial charge is 0.407 e. The predicted molar refractivity (Wildman–Crippen MR) is 149 cm³/mol. The number of para-hydroxylation sites is 1. The number of nitrogens with one attached hydrogen (secondary N) is 2. The van der Waals surface area contributed by atoms with Crippen LogP contribution < -0.4 is 16.4 Å². The number of carbonyl (C=O) groups is 2. The average Bonchev–Trinajstić information content (AvgIpc) is 3.59. The lowest BCUT2D eigenvalue weighted by atomic mass is 10.1. The number of amides is 2. The van der Waals surface area contributed by atoms with E-state index in [1.54, 1.807) is 13.2 Å². The van der Waals surface area contributed by atoms with E-state index in [2.05, 4.69) is 26.8 Å². The molecule has 198 valence electrons. The first kappa shape index (κ1) is 25.5. The van der Waals surface area contributed by atoms with Gasteiger partial charge in [-0.1, -0.05) is 49.0 Å². The summed E-state index contributed by atoms with van der Waals surface area (Å²) in [4.78, 5) is 32.8. The summed E-state index contributed by atoms with van der Waals surface area (Å²) in [6.45, 7) is 6.27. The minimum absolute atomic E-state index is 0.0649. The SMILES string of the molecule is C=C(C)C(=O)NCCOC(=O)NCc1ccc(Cn2c(-c3ccco3)nc3c(N)nc4ccccc4c32)cc1. The number of ether oxygens (including phenoxy) is 1. The third kappa shape index (κ3) is 5.59. The minimum atomic E-state index is -0.560. The number of carbonyl (C=O) groups excluding carboxylic acids is 2. The normalized spacial score (nSPS) is 11.0. The van der Waals surface area contributed by atoms with Gasteiger partial charge < -0.3 is 30.1 Å². The molecule has 2 aromatic carbocycles. The molecule has 0 spiro atoms. The molecular weight excluding hydrogens is 496 g/mol. The Labute approximate surface area is 224 Å². The molecule has 4 N–H and O–H groups in total. The number of alkyl carbamates (subject to hydrolysis) is 1. The first-order valence-corrected chi connectivity index (χ1v) is 12.4. The second kappa shape index (κ2) is 11.1. The molecule has 0 unspecified atom stereocenters. The average molecular weight is 525 g/mol. The number of nitrogen functional groups attached to an aromatic ring is 1. The summed E-state index contributed by atoms with van der Waals surface area (Å²) in [5.74, 6) is 1.38. The predicted octanol–water partition coefficient (Wildman–Crippen LogP) is 4.39. The van der Waals surface area contributed by atoms with Crippen molar-refractivity contribution in [3.63, 3.8) is 0 Å². The fraction of sp³-hybridized carbons (Fsp3) is 0.172. The second-order valence-electron chi connectivity index (χ2n) is 9.05. The highest BCUT2D eigenvalue weighted by atomic mass is 16.5. The Kier molecular flexibility index (Phi) is 7.26. The largest absolute Gasteiger partial charge is 0.461 e. The van der Waals surface area contributed by atoms with E-state index < -0.39 is 6.09 Å². The fourth-order valence-corrected chi connectivity index (χ4v) is 4.24. The fourth-order valence-electron chi connectivity index (χ4n) is 4.24. The highest BCUT2D eigenvalue weighted by Gasteiger charge is 2.20. The van der Waals surface area contributed by atoms with Crippen molar-refractivity contribution in [2.24, 2.45) is 0 Å². The summed E-state index contributed by atoms with van der Waals surface area (Å²) in [6, 6.07) is 19.4. The molecule has 0 saturated carbocycles. The number of nitrogens with zero attached hydrogens (tertiary/aromatic N) is 3. The number of pyridine rings is 1. The molecule has 0 bridgehead atoms. The molecule has 0 aliphatic heterocycles. The van der Waals surface area contributed by atoms with Gasteiger partial charge in [0.1, 0.15) is 12.1 Å². The molecule has 3 aromatic heterocycles. The van der Waals surface area contributed by atoms with Crippen molar-refractivity contribution >= 4 is 39.8 Å². The van der Waals surface area contributed by atoms with Crippen LogP contribution in [0, 0.1) is 0 Å². The third-order valence-electron chi connectivity index (χ3n) is 6.16. The summed E-state index contributed by atoms with van der Waals surface area (Å²) in [5.41, 5.74) is 10.9. The Morgan fingerprint density at radius 1 is 1.03 bits per heavy atom. The molecule has 0 aliphatic carbocycles. The zero-order valence-corrected chi connectivity index (χ0v) is 21.4. The van der Waals surface area contributed by atoms with Crippen molar-refractivity contribution in [2.45, 2.75) is 20.0 Å². The van der Waals surface area contributed by atoms with E-state index >= 15 is 0 Å². The molecule has 10 nitrogen and oxygen atoms in total. The molecule has 0 atom stereocenters. The maximum atomic E-state index is 12.0. The number of hydrogen-bond donors (Lipinski definition) is 3. The minimum Gasteiger partial charge on any atom is -0.461 e. The molecule has 0 fully saturated rings. The van der Waals surface area contributed by atoms with E-state index in [0.717, 1.165) is 27.5 Å². The van der Waals surface area contributed by atoms with Gasteiger partial charge in [0.2, 0.25) is 5.91 Å². The van der Waals surface area contributed by atoms with E-state index in [-0.39, 0.29) is 19.1 Å². The lowest BCUT2D eigenvalue weighted by molar-refractivity contribution is -0.117. The van der Waals surface area contributed by atoms with Crippen LogP contribution in [0.2, 0.25) is 0 Å². The van der Waals surface area contributed by atoms with Gasteiger partial charge in [-0.25, -0.2) is 14.8 Å². The van der Waals surface area contributed by atoms with Crippen LogP contribution in [0.15, 0.2) is 83.5 Å². The first-order chi connectivity index (χ1) is 18.9. The maximum absolute atomic E-state index is 12.0. The van der Waals surface area contributed by atoms with Gasteiger partial charge in [0.25, 0.3) is 0 Å². The van der Waals surface area contributed by atoms with Gasteiger partial charge in [-0.3, -0.25) is 4.79 Å². The van der Waals surface area contributed by atoms with Gasteiger partial charge >= 0.3 is 6.09 Å². The molecule has 10 heteroatoms. The molecule has 0 aliphatic rings. The van der Waals surface area contributed by atoms with Gasteiger partial charge in [0.05, 0.1) is 23.8 Å². The number of rotatable bonds is 9. The summed E-state index contributed by atoms with van der Waals surface area (Å²) in [6.07, 6.45) is 1.05. The first-order valence-electron chi connectivity index (χ1n) is 12.4. The monoisotopic (exact) mass is 524 g/mol. The van der Waals surface area contributed by atoms with Crippen LogP contribution >= 0.6 is 0 Å². The van der Waals surface area contributed by atoms with Gasteiger partial charge in [-0.05, 0) is 36.2 Å². The zero-order valence-electron chi connectivity index (χ0n) is 21.4. The summed E-state index contributed by atoms with van der Waals surface area (Å²) in [5, 5.41) is 6.27. The van der Waals surface area contributed by atoms with Crippen molar-refractivity contribution in [1.82, 2.24) is 25.2 Å². The summed E-state index contributed by atoms with van der Waals surface area (Å²) >= 11 is 0. The zero-order chi connectivity index (χ0) is 27.4. The second-order valence-corrected chi connectivity index (χ2v) is 9.05. The topological polar surface area (TPSA) is 137 Å². The quantitative estimate of drug-likeness (QED) is 0.192. The number of benzene rings is 2. The summed E-state index contributed by atoms with van der Waals surface area (Å²) in [7, 11) is 0. The number of aromatic nitrogens is 3. The molecule has 0 radical (unpaired) electrons. The van der Waals surface area contributed by atoms with E-state index in [4.69, 9.17) is 19.9 Å². The number of hydrogen-bond acceptors (Lipinski definition) is 7. The van der Waals surface area contributed by atoms with Gasteiger partial charge in [0.15, 0.2) is 17.4 Å². The van der Waals surface area contributed by atoms with Gasteiger partial charge in [0, 0.05) is 24.0 Å². The van der Waals surface area contributed by atoms with Crippen molar-refractivity contribution in [1.29, 1.82) is 0 Å². The van der Waals surface area contributed by atoms with E-state index in [1.165, 1.54) is 0 Å². The Hall–Kier alpha value is -5.12. The Bertz CT molecular complexity index is 1660. The van der Waals surface area contributed by atoms with Crippen LogP contribution in [0.25, 0.3) is 33.5 Å².